The third-order valence-electron chi connectivity index (χ3n) is 4.05. The number of fused-ring (bicyclic) bond motifs is 1. The van der Waals surface area contributed by atoms with Crippen LogP contribution in [-0.4, -0.2) is 23.7 Å². The number of anilines is 1. The Morgan fingerprint density at radius 3 is 2.54 bits per heavy atom. The molecular weight excluding hydrogens is 324 g/mol. The number of aromatic amines is 1. The molecule has 4 nitrogen and oxygen atoms in total. The van der Waals surface area contributed by atoms with Crippen LogP contribution in [0.3, 0.4) is 0 Å². The molecule has 1 N–H and O–H groups in total. The molecule has 0 fully saturated rings. The molecule has 0 aliphatic carbocycles. The van der Waals surface area contributed by atoms with Crippen LogP contribution in [0, 0.1) is 6.92 Å². The van der Waals surface area contributed by atoms with Gasteiger partial charge >= 0.3 is 0 Å². The Morgan fingerprint density at radius 2 is 1.88 bits per heavy atom. The normalized spacial score (nSPS) is 10.8. The van der Waals surface area contributed by atoms with Crippen LogP contribution in [0.4, 0.5) is 5.69 Å². The van der Waals surface area contributed by atoms with Crippen molar-refractivity contribution in [2.45, 2.75) is 13.8 Å². The molecule has 0 radical (unpaired) electrons. The van der Waals surface area contributed by atoms with Crippen LogP contribution in [0.25, 0.3) is 10.9 Å². The second kappa shape index (κ2) is 6.13. The van der Waals surface area contributed by atoms with Crippen molar-refractivity contribution in [3.05, 3.63) is 64.3 Å². The van der Waals surface area contributed by atoms with Crippen LogP contribution in [0.1, 0.15) is 28.5 Å². The number of nitrogens with zero attached hydrogens (tertiary/aromatic N) is 1. The molecule has 5 heteroatoms. The summed E-state index contributed by atoms with van der Waals surface area (Å²) in [7, 11) is 1.66. The van der Waals surface area contributed by atoms with E-state index in [1.807, 2.05) is 31.2 Å². The minimum absolute atomic E-state index is 0.149. The van der Waals surface area contributed by atoms with Gasteiger partial charge in [-0.3, -0.25) is 9.59 Å². The van der Waals surface area contributed by atoms with E-state index in [0.717, 1.165) is 16.5 Å². The maximum Gasteiger partial charge on any atom is 0.223 e. The van der Waals surface area contributed by atoms with E-state index in [-0.39, 0.29) is 11.7 Å². The van der Waals surface area contributed by atoms with Crippen molar-refractivity contribution in [2.75, 3.05) is 11.9 Å². The molecule has 0 spiro atoms. The van der Waals surface area contributed by atoms with Gasteiger partial charge in [-0.25, -0.2) is 0 Å². The predicted octanol–water partition coefficient (Wildman–Crippen LogP) is 4.34. The van der Waals surface area contributed by atoms with E-state index < -0.39 is 0 Å². The van der Waals surface area contributed by atoms with Crippen molar-refractivity contribution in [2.24, 2.45) is 0 Å². The summed E-state index contributed by atoms with van der Waals surface area (Å²) in [4.78, 5) is 29.5. The number of H-pyrrole nitrogens is 1. The van der Waals surface area contributed by atoms with Gasteiger partial charge < -0.3 is 9.88 Å². The highest BCUT2D eigenvalue weighted by Crippen LogP contribution is 2.33. The van der Waals surface area contributed by atoms with E-state index >= 15 is 0 Å². The molecule has 0 bridgehead atoms. The molecule has 122 valence electrons. The highest BCUT2D eigenvalue weighted by molar-refractivity contribution is 6.31. The minimum Gasteiger partial charge on any atom is -0.350 e. The Kier molecular flexibility index (Phi) is 4.16. The minimum atomic E-state index is -0.158. The first-order valence-electron chi connectivity index (χ1n) is 7.55. The number of carbonyl (C=O) groups is 2. The first-order chi connectivity index (χ1) is 11.4. The fourth-order valence-electron chi connectivity index (χ4n) is 2.76. The number of hydrogen-bond donors (Lipinski definition) is 1. The van der Waals surface area contributed by atoms with Crippen molar-refractivity contribution in [3.63, 3.8) is 0 Å². The lowest BCUT2D eigenvalue weighted by Crippen LogP contribution is -2.24. The molecule has 0 saturated heterocycles. The van der Waals surface area contributed by atoms with Gasteiger partial charge in [0, 0.05) is 35.5 Å². The molecule has 1 amide bonds. The third kappa shape index (κ3) is 2.81. The second-order valence-electron chi connectivity index (χ2n) is 5.82. The molecule has 0 unspecified atom stereocenters. The van der Waals surface area contributed by atoms with E-state index in [1.165, 1.54) is 11.8 Å². The summed E-state index contributed by atoms with van der Waals surface area (Å²) in [6.07, 6.45) is 0. The lowest BCUT2D eigenvalue weighted by atomic mass is 10.0. The summed E-state index contributed by atoms with van der Waals surface area (Å²) >= 11 is 6.05. The number of halogens is 1. The monoisotopic (exact) mass is 340 g/mol. The standard InChI is InChI=1S/C19H17ClN2O2/c1-11-5-4-6-13(9-11)19(24)17-18(22(3)12(2)23)15-8-7-14(20)10-16(15)21-17/h4-10,21H,1-3H3. The molecular formula is C19H17ClN2O2. The highest BCUT2D eigenvalue weighted by Gasteiger charge is 2.23. The Balaban J connectivity index is 2.24. The number of aromatic nitrogens is 1. The third-order valence-corrected chi connectivity index (χ3v) is 4.28. The van der Waals surface area contributed by atoms with Gasteiger partial charge in [-0.05, 0) is 31.2 Å². The molecule has 1 heterocycles. The Morgan fingerprint density at radius 1 is 1.12 bits per heavy atom. The second-order valence-corrected chi connectivity index (χ2v) is 6.25. The Bertz CT molecular complexity index is 959. The van der Waals surface area contributed by atoms with Gasteiger partial charge in [-0.15, -0.1) is 0 Å². The number of rotatable bonds is 3. The number of ketones is 1. The van der Waals surface area contributed by atoms with E-state index in [9.17, 15) is 9.59 Å². The SMILES string of the molecule is CC(=O)N(C)c1c(C(=O)c2cccc(C)c2)[nH]c2cc(Cl)ccc12. The van der Waals surface area contributed by atoms with E-state index in [4.69, 9.17) is 11.6 Å². The topological polar surface area (TPSA) is 53.2 Å². The smallest absolute Gasteiger partial charge is 0.223 e. The van der Waals surface area contributed by atoms with Gasteiger partial charge in [0.15, 0.2) is 0 Å². The van der Waals surface area contributed by atoms with Crippen LogP contribution >= 0.6 is 11.6 Å². The first kappa shape index (κ1) is 16.3. The number of hydrogen-bond acceptors (Lipinski definition) is 2. The van der Waals surface area contributed by atoms with Gasteiger partial charge in [0.25, 0.3) is 0 Å². The molecule has 24 heavy (non-hydrogen) atoms. The first-order valence-corrected chi connectivity index (χ1v) is 7.93. The van der Waals surface area contributed by atoms with Crippen LogP contribution in [-0.2, 0) is 4.79 Å². The van der Waals surface area contributed by atoms with E-state index in [0.29, 0.717) is 22.0 Å². The summed E-state index contributed by atoms with van der Waals surface area (Å²) in [5.41, 5.74) is 3.25. The molecule has 3 aromatic rings. The van der Waals surface area contributed by atoms with Crippen molar-refractivity contribution >= 4 is 39.9 Å². The lowest BCUT2D eigenvalue weighted by molar-refractivity contribution is -0.116. The quantitative estimate of drug-likeness (QED) is 0.721. The fourth-order valence-corrected chi connectivity index (χ4v) is 2.93. The largest absolute Gasteiger partial charge is 0.350 e. The van der Waals surface area contributed by atoms with Gasteiger partial charge in [0.1, 0.15) is 5.69 Å². The van der Waals surface area contributed by atoms with E-state index in [1.54, 1.807) is 25.2 Å². The summed E-state index contributed by atoms with van der Waals surface area (Å²) < 4.78 is 0. The average Bonchev–Trinajstić information content (AvgIpc) is 2.91. The summed E-state index contributed by atoms with van der Waals surface area (Å²) in [5, 5.41) is 1.35. The zero-order valence-corrected chi connectivity index (χ0v) is 14.4. The van der Waals surface area contributed by atoms with Gasteiger partial charge in [-0.1, -0.05) is 35.4 Å². The summed E-state index contributed by atoms with van der Waals surface area (Å²) in [5.74, 6) is -0.307. The molecule has 0 aliphatic heterocycles. The van der Waals surface area contributed by atoms with Gasteiger partial charge in [0.2, 0.25) is 11.7 Å². The highest BCUT2D eigenvalue weighted by atomic mass is 35.5. The number of aryl methyl sites for hydroxylation is 1. The molecule has 0 atom stereocenters. The number of nitrogens with one attached hydrogen (secondary N) is 1. The fraction of sp³-hybridized carbons (Fsp3) is 0.158. The van der Waals surface area contributed by atoms with Crippen molar-refractivity contribution in [3.8, 4) is 0 Å². The molecule has 1 aromatic heterocycles. The lowest BCUT2D eigenvalue weighted by Gasteiger charge is -2.16. The summed E-state index contributed by atoms with van der Waals surface area (Å²) in [6, 6.07) is 12.7. The van der Waals surface area contributed by atoms with Gasteiger partial charge in [0.05, 0.1) is 5.69 Å². The molecule has 2 aromatic carbocycles. The maximum absolute atomic E-state index is 13.0. The zero-order chi connectivity index (χ0) is 17.4. The number of benzene rings is 2. The zero-order valence-electron chi connectivity index (χ0n) is 13.7. The molecule has 0 saturated carbocycles. The maximum atomic E-state index is 13.0. The summed E-state index contributed by atoms with van der Waals surface area (Å²) in [6.45, 7) is 3.40. The molecule has 0 aliphatic rings. The average molecular weight is 341 g/mol. The van der Waals surface area contributed by atoms with Crippen LogP contribution in [0.15, 0.2) is 42.5 Å². The van der Waals surface area contributed by atoms with Crippen molar-refractivity contribution < 1.29 is 9.59 Å². The van der Waals surface area contributed by atoms with Crippen LogP contribution < -0.4 is 4.90 Å². The van der Waals surface area contributed by atoms with Gasteiger partial charge in [-0.2, -0.15) is 0 Å². The van der Waals surface area contributed by atoms with Crippen molar-refractivity contribution in [1.29, 1.82) is 0 Å². The van der Waals surface area contributed by atoms with Crippen LogP contribution in [0.2, 0.25) is 5.02 Å². The van der Waals surface area contributed by atoms with E-state index in [2.05, 4.69) is 4.98 Å². The molecule has 3 rings (SSSR count). The Hall–Kier alpha value is -2.59. The van der Waals surface area contributed by atoms with Crippen molar-refractivity contribution in [1.82, 2.24) is 4.98 Å². The Labute approximate surface area is 145 Å². The number of amides is 1. The predicted molar refractivity (Wildman–Crippen MR) is 97.0 cm³/mol. The number of carbonyl (C=O) groups excluding carboxylic acids is 2. The van der Waals surface area contributed by atoms with Crippen LogP contribution in [0.5, 0.6) is 0 Å².